The third-order valence-electron chi connectivity index (χ3n) is 3.62. The quantitative estimate of drug-likeness (QED) is 0.481. The molecule has 4 rings (SSSR count). The van der Waals surface area contributed by atoms with Crippen LogP contribution in [0.3, 0.4) is 0 Å². The van der Waals surface area contributed by atoms with Crippen LogP contribution in [0.15, 0.2) is 55.0 Å². The predicted molar refractivity (Wildman–Crippen MR) is 102 cm³/mol. The topological polar surface area (TPSA) is 56.7 Å². The molecule has 0 aliphatic carbocycles. The summed E-state index contributed by atoms with van der Waals surface area (Å²) in [5.74, 6) is 0. The van der Waals surface area contributed by atoms with E-state index in [1.165, 1.54) is 0 Å². The van der Waals surface area contributed by atoms with E-state index in [-0.39, 0.29) is 0 Å². The Kier molecular flexibility index (Phi) is 3.42. The molecule has 0 aliphatic heterocycles. The van der Waals surface area contributed by atoms with Crippen LogP contribution in [0.25, 0.3) is 33.1 Å². The van der Waals surface area contributed by atoms with E-state index in [4.69, 9.17) is 5.73 Å². The molecule has 6 heteroatoms. The van der Waals surface area contributed by atoms with E-state index in [2.05, 4.69) is 59.5 Å². The average Bonchev–Trinajstić information content (AvgIpc) is 2.93. The molecular formula is C16H11IN4S. The Labute approximate surface area is 143 Å². The van der Waals surface area contributed by atoms with Gasteiger partial charge in [-0.15, -0.1) is 0 Å². The largest absolute Gasteiger partial charge is 0.397 e. The Morgan fingerprint density at radius 2 is 2.05 bits per heavy atom. The Morgan fingerprint density at radius 3 is 2.91 bits per heavy atom. The van der Waals surface area contributed by atoms with Crippen molar-refractivity contribution in [1.29, 1.82) is 0 Å². The molecule has 0 fully saturated rings. The maximum atomic E-state index is 5.85. The van der Waals surface area contributed by atoms with Gasteiger partial charge in [-0.1, -0.05) is 6.07 Å². The van der Waals surface area contributed by atoms with E-state index in [9.17, 15) is 0 Å². The summed E-state index contributed by atoms with van der Waals surface area (Å²) in [5.41, 5.74) is 10.8. The standard InChI is InChI=1S/C16H11IN4S/c17-22-21-9-14(13-2-1-5-19-16(13)21)10-3-4-15-11(6-10)7-12(18)8-20-15/h1-9H,18H2. The zero-order chi connectivity index (χ0) is 15.1. The fourth-order valence-corrected chi connectivity index (χ4v) is 3.89. The van der Waals surface area contributed by atoms with Crippen LogP contribution >= 0.6 is 30.3 Å². The highest BCUT2D eigenvalue weighted by atomic mass is 127. The number of aromatic nitrogens is 3. The lowest BCUT2D eigenvalue weighted by molar-refractivity contribution is 1.27. The molecule has 0 atom stereocenters. The molecule has 3 heterocycles. The molecule has 0 saturated carbocycles. The first kappa shape index (κ1) is 13.8. The number of nitrogen functional groups attached to an aromatic ring is 1. The molecule has 2 N–H and O–H groups in total. The summed E-state index contributed by atoms with van der Waals surface area (Å²) >= 11 is 2.27. The van der Waals surface area contributed by atoms with Gasteiger partial charge in [-0.05, 0) is 35.9 Å². The first-order chi connectivity index (χ1) is 10.8. The van der Waals surface area contributed by atoms with E-state index in [0.29, 0.717) is 5.69 Å². The van der Waals surface area contributed by atoms with E-state index in [1.807, 2.05) is 24.4 Å². The molecule has 4 aromatic rings. The van der Waals surface area contributed by atoms with Gasteiger partial charge in [0.1, 0.15) is 0 Å². The van der Waals surface area contributed by atoms with Gasteiger partial charge in [-0.2, -0.15) is 0 Å². The zero-order valence-electron chi connectivity index (χ0n) is 11.4. The summed E-state index contributed by atoms with van der Waals surface area (Å²) in [5, 5.41) is 2.19. The van der Waals surface area contributed by atoms with Gasteiger partial charge >= 0.3 is 0 Å². The third-order valence-corrected chi connectivity index (χ3v) is 5.32. The summed E-state index contributed by atoms with van der Waals surface area (Å²) < 4.78 is 2.08. The minimum Gasteiger partial charge on any atom is -0.397 e. The molecule has 0 spiro atoms. The molecular weight excluding hydrogens is 407 g/mol. The lowest BCUT2D eigenvalue weighted by Crippen LogP contribution is -1.87. The van der Waals surface area contributed by atoms with Crippen LogP contribution in [0, 0.1) is 0 Å². The maximum absolute atomic E-state index is 5.85. The van der Waals surface area contributed by atoms with Crippen molar-refractivity contribution < 1.29 is 0 Å². The molecule has 0 aliphatic rings. The number of hydrogen-bond acceptors (Lipinski definition) is 4. The lowest BCUT2D eigenvalue weighted by Gasteiger charge is -2.03. The fourth-order valence-electron chi connectivity index (χ4n) is 2.63. The highest BCUT2D eigenvalue weighted by Crippen LogP contribution is 2.34. The highest BCUT2D eigenvalue weighted by molar-refractivity contribution is 14.2. The Morgan fingerprint density at radius 1 is 1.14 bits per heavy atom. The molecule has 4 nitrogen and oxygen atoms in total. The summed E-state index contributed by atoms with van der Waals surface area (Å²) in [6.07, 6.45) is 5.63. The molecule has 3 aromatic heterocycles. The number of nitrogens with two attached hydrogens (primary N) is 1. The van der Waals surface area contributed by atoms with Gasteiger partial charge in [0.25, 0.3) is 0 Å². The van der Waals surface area contributed by atoms with Gasteiger partial charge in [-0.25, -0.2) is 4.98 Å². The summed E-state index contributed by atoms with van der Waals surface area (Å²) in [6.45, 7) is 0. The second-order valence-corrected chi connectivity index (χ2v) is 6.70. The van der Waals surface area contributed by atoms with Crippen molar-refractivity contribution in [1.82, 2.24) is 13.9 Å². The van der Waals surface area contributed by atoms with E-state index in [1.54, 1.807) is 15.3 Å². The zero-order valence-corrected chi connectivity index (χ0v) is 14.4. The van der Waals surface area contributed by atoms with E-state index < -0.39 is 0 Å². The van der Waals surface area contributed by atoms with Crippen molar-refractivity contribution in [3.8, 4) is 11.1 Å². The number of hydrogen-bond donors (Lipinski definition) is 1. The van der Waals surface area contributed by atoms with Crippen LogP contribution in [0.1, 0.15) is 0 Å². The summed E-state index contributed by atoms with van der Waals surface area (Å²) in [4.78, 5) is 8.83. The monoisotopic (exact) mass is 418 g/mol. The van der Waals surface area contributed by atoms with Crippen LogP contribution < -0.4 is 5.73 Å². The molecule has 1 aromatic carbocycles. The highest BCUT2D eigenvalue weighted by Gasteiger charge is 2.11. The first-order valence-electron chi connectivity index (χ1n) is 6.67. The molecule has 0 amide bonds. The van der Waals surface area contributed by atoms with Crippen molar-refractivity contribution in [3.63, 3.8) is 0 Å². The number of nitrogens with zero attached hydrogens (tertiary/aromatic N) is 3. The lowest BCUT2D eigenvalue weighted by atomic mass is 10.0. The SMILES string of the molecule is Nc1cnc2ccc(-c3cn(SI)c4ncccc34)cc2c1. The van der Waals surface area contributed by atoms with Crippen LogP contribution in [-0.2, 0) is 0 Å². The molecule has 22 heavy (non-hydrogen) atoms. The van der Waals surface area contributed by atoms with Gasteiger partial charge in [0.2, 0.25) is 0 Å². The fraction of sp³-hybridized carbons (Fsp3) is 0. The van der Waals surface area contributed by atoms with Gasteiger partial charge < -0.3 is 5.73 Å². The number of fused-ring (bicyclic) bond motifs is 2. The molecule has 0 saturated heterocycles. The second-order valence-electron chi connectivity index (χ2n) is 4.99. The van der Waals surface area contributed by atoms with Crippen LogP contribution in [0.5, 0.6) is 0 Å². The number of benzene rings is 1. The molecule has 0 unspecified atom stereocenters. The summed E-state index contributed by atoms with van der Waals surface area (Å²) in [7, 11) is 1.61. The van der Waals surface area contributed by atoms with E-state index in [0.717, 1.165) is 33.1 Å². The maximum Gasteiger partial charge on any atom is 0.151 e. The van der Waals surface area contributed by atoms with Gasteiger partial charge in [0.15, 0.2) is 5.65 Å². The minimum absolute atomic E-state index is 0.677. The Hall–Kier alpha value is -1.80. The summed E-state index contributed by atoms with van der Waals surface area (Å²) in [6, 6.07) is 12.3. The minimum atomic E-state index is 0.677. The van der Waals surface area contributed by atoms with Gasteiger partial charge in [-0.3, -0.25) is 8.96 Å². The third kappa shape index (κ3) is 2.22. The molecule has 0 radical (unpaired) electrons. The van der Waals surface area contributed by atoms with Gasteiger partial charge in [0, 0.05) is 59.1 Å². The van der Waals surface area contributed by atoms with Crippen molar-refractivity contribution in [2.24, 2.45) is 0 Å². The number of halogens is 1. The van der Waals surface area contributed by atoms with Crippen LogP contribution in [0.2, 0.25) is 0 Å². The van der Waals surface area contributed by atoms with E-state index >= 15 is 0 Å². The first-order valence-corrected chi connectivity index (χ1v) is 9.99. The molecule has 108 valence electrons. The van der Waals surface area contributed by atoms with Crippen molar-refractivity contribution in [2.75, 3.05) is 5.73 Å². The average molecular weight is 418 g/mol. The van der Waals surface area contributed by atoms with Crippen molar-refractivity contribution >= 4 is 57.9 Å². The second kappa shape index (κ2) is 5.44. The number of pyridine rings is 2. The van der Waals surface area contributed by atoms with Gasteiger partial charge in [0.05, 0.1) is 17.4 Å². The van der Waals surface area contributed by atoms with Crippen LogP contribution in [0.4, 0.5) is 5.69 Å². The normalized spacial score (nSPS) is 11.3. The van der Waals surface area contributed by atoms with Crippen molar-refractivity contribution in [2.45, 2.75) is 0 Å². The Bertz CT molecular complexity index is 996. The number of anilines is 1. The number of rotatable bonds is 2. The van der Waals surface area contributed by atoms with Crippen molar-refractivity contribution in [3.05, 3.63) is 55.0 Å². The smallest absolute Gasteiger partial charge is 0.151 e. The predicted octanol–water partition coefficient (Wildman–Crippen LogP) is 4.68. The Balaban J connectivity index is 1.98. The molecule has 0 bridgehead atoms. The van der Waals surface area contributed by atoms with Crippen LogP contribution in [-0.4, -0.2) is 13.9 Å².